The Morgan fingerprint density at radius 2 is 2.00 bits per heavy atom. The van der Waals surface area contributed by atoms with Crippen LogP contribution in [0.5, 0.6) is 0 Å². The van der Waals surface area contributed by atoms with Crippen LogP contribution in [0.4, 0.5) is 0 Å². The van der Waals surface area contributed by atoms with Crippen LogP contribution in [0.3, 0.4) is 0 Å². The van der Waals surface area contributed by atoms with Gasteiger partial charge in [-0.2, -0.15) is 0 Å². The Kier molecular flexibility index (Phi) is 2.50. The van der Waals surface area contributed by atoms with E-state index >= 15 is 0 Å². The third kappa shape index (κ3) is 1.72. The summed E-state index contributed by atoms with van der Waals surface area (Å²) in [7, 11) is 0. The molecule has 0 aliphatic carbocycles. The van der Waals surface area contributed by atoms with E-state index in [4.69, 9.17) is 11.6 Å². The minimum Gasteiger partial charge on any atom is -0.0985 e. The molecule has 1 heteroatoms. The lowest BCUT2D eigenvalue weighted by Gasteiger charge is -2.01. The van der Waals surface area contributed by atoms with Crippen LogP contribution in [-0.4, -0.2) is 0 Å². The SMILES string of the molecule is C=CC(=C)c1ccccc1Cl. The van der Waals surface area contributed by atoms with Gasteiger partial charge in [0.2, 0.25) is 0 Å². The number of benzene rings is 1. The Labute approximate surface area is 71.8 Å². The highest BCUT2D eigenvalue weighted by atomic mass is 35.5. The first-order chi connectivity index (χ1) is 5.25. The lowest BCUT2D eigenvalue weighted by Crippen LogP contribution is -1.78. The highest BCUT2D eigenvalue weighted by molar-refractivity contribution is 6.32. The lowest BCUT2D eigenvalue weighted by atomic mass is 10.1. The van der Waals surface area contributed by atoms with Gasteiger partial charge in [0.15, 0.2) is 0 Å². The summed E-state index contributed by atoms with van der Waals surface area (Å²) in [6.07, 6.45) is 1.70. The quantitative estimate of drug-likeness (QED) is 0.587. The van der Waals surface area contributed by atoms with Crippen molar-refractivity contribution < 1.29 is 0 Å². The molecule has 0 saturated carbocycles. The van der Waals surface area contributed by atoms with E-state index in [0.29, 0.717) is 0 Å². The van der Waals surface area contributed by atoms with Gasteiger partial charge in [-0.15, -0.1) is 0 Å². The second-order valence-electron chi connectivity index (χ2n) is 2.21. The van der Waals surface area contributed by atoms with Crippen molar-refractivity contribution in [2.75, 3.05) is 0 Å². The molecule has 0 atom stereocenters. The largest absolute Gasteiger partial charge is 0.0985 e. The zero-order valence-electron chi connectivity index (χ0n) is 6.18. The predicted octanol–water partition coefficient (Wildman–Crippen LogP) is 3.54. The van der Waals surface area contributed by atoms with Crippen molar-refractivity contribution in [3.63, 3.8) is 0 Å². The van der Waals surface area contributed by atoms with Gasteiger partial charge in [0.05, 0.1) is 0 Å². The van der Waals surface area contributed by atoms with Gasteiger partial charge in [0.1, 0.15) is 0 Å². The molecule has 0 N–H and O–H groups in total. The van der Waals surface area contributed by atoms with E-state index in [1.165, 1.54) is 0 Å². The van der Waals surface area contributed by atoms with Crippen molar-refractivity contribution in [3.05, 3.63) is 54.1 Å². The van der Waals surface area contributed by atoms with Gasteiger partial charge in [-0.25, -0.2) is 0 Å². The van der Waals surface area contributed by atoms with E-state index in [1.54, 1.807) is 6.08 Å². The van der Waals surface area contributed by atoms with Crippen LogP contribution in [-0.2, 0) is 0 Å². The molecule has 0 aromatic heterocycles. The lowest BCUT2D eigenvalue weighted by molar-refractivity contribution is 1.63. The van der Waals surface area contributed by atoms with Crippen molar-refractivity contribution in [1.29, 1.82) is 0 Å². The Balaban J connectivity index is 3.13. The van der Waals surface area contributed by atoms with Gasteiger partial charge in [0.25, 0.3) is 0 Å². The summed E-state index contributed by atoms with van der Waals surface area (Å²) in [5.74, 6) is 0. The second kappa shape index (κ2) is 3.40. The van der Waals surface area contributed by atoms with E-state index in [1.807, 2.05) is 24.3 Å². The van der Waals surface area contributed by atoms with Gasteiger partial charge in [-0.05, 0) is 17.2 Å². The number of halogens is 1. The second-order valence-corrected chi connectivity index (χ2v) is 2.62. The fraction of sp³-hybridized carbons (Fsp3) is 0. The van der Waals surface area contributed by atoms with E-state index in [2.05, 4.69) is 13.2 Å². The molecule has 0 spiro atoms. The monoisotopic (exact) mass is 164 g/mol. The molecule has 0 aliphatic rings. The normalized spacial score (nSPS) is 9.18. The molecule has 1 aromatic rings. The van der Waals surface area contributed by atoms with Crippen LogP contribution in [0, 0.1) is 0 Å². The molecule has 0 radical (unpaired) electrons. The Bertz CT molecular complexity index is 287. The molecule has 1 aromatic carbocycles. The summed E-state index contributed by atoms with van der Waals surface area (Å²) in [6, 6.07) is 7.58. The van der Waals surface area contributed by atoms with Crippen LogP contribution in [0.1, 0.15) is 5.56 Å². The number of rotatable bonds is 2. The molecule has 0 fully saturated rings. The molecule has 0 amide bonds. The highest BCUT2D eigenvalue weighted by Crippen LogP contribution is 2.22. The van der Waals surface area contributed by atoms with Crippen molar-refractivity contribution in [3.8, 4) is 0 Å². The van der Waals surface area contributed by atoms with Crippen LogP contribution < -0.4 is 0 Å². The maximum Gasteiger partial charge on any atom is 0.0484 e. The Hall–Kier alpha value is -1.01. The average Bonchev–Trinajstić information content (AvgIpc) is 2.04. The molecule has 0 aliphatic heterocycles. The van der Waals surface area contributed by atoms with Crippen molar-refractivity contribution >= 4 is 17.2 Å². The van der Waals surface area contributed by atoms with Gasteiger partial charge in [-0.1, -0.05) is 49.0 Å². The molecule has 11 heavy (non-hydrogen) atoms. The predicted molar refractivity (Wildman–Crippen MR) is 50.7 cm³/mol. The Morgan fingerprint density at radius 3 is 2.55 bits per heavy atom. The van der Waals surface area contributed by atoms with Gasteiger partial charge < -0.3 is 0 Å². The van der Waals surface area contributed by atoms with Crippen LogP contribution in [0.25, 0.3) is 5.57 Å². The third-order valence-electron chi connectivity index (χ3n) is 1.47. The molecular formula is C10H9Cl. The first kappa shape index (κ1) is 8.09. The van der Waals surface area contributed by atoms with E-state index < -0.39 is 0 Å². The minimum absolute atomic E-state index is 0.720. The van der Waals surface area contributed by atoms with Crippen LogP contribution >= 0.6 is 11.6 Å². The van der Waals surface area contributed by atoms with Crippen molar-refractivity contribution in [2.45, 2.75) is 0 Å². The van der Waals surface area contributed by atoms with Gasteiger partial charge in [-0.3, -0.25) is 0 Å². The maximum absolute atomic E-state index is 5.89. The summed E-state index contributed by atoms with van der Waals surface area (Å²) in [6.45, 7) is 7.42. The van der Waals surface area contributed by atoms with Crippen molar-refractivity contribution in [2.24, 2.45) is 0 Å². The first-order valence-corrected chi connectivity index (χ1v) is 3.69. The zero-order valence-corrected chi connectivity index (χ0v) is 6.93. The third-order valence-corrected chi connectivity index (χ3v) is 1.80. The fourth-order valence-corrected chi connectivity index (χ4v) is 1.09. The van der Waals surface area contributed by atoms with E-state index in [0.717, 1.165) is 16.2 Å². The highest BCUT2D eigenvalue weighted by Gasteiger charge is 1.98. The zero-order chi connectivity index (χ0) is 8.27. The molecule has 0 nitrogen and oxygen atoms in total. The standard InChI is InChI=1S/C10H9Cl/c1-3-8(2)9-6-4-5-7-10(9)11/h3-7H,1-2H2. The molecule has 1 rings (SSSR count). The summed E-state index contributed by atoms with van der Waals surface area (Å²) in [5.41, 5.74) is 1.81. The first-order valence-electron chi connectivity index (χ1n) is 3.32. The van der Waals surface area contributed by atoms with Crippen LogP contribution in [0.15, 0.2) is 43.5 Å². The van der Waals surface area contributed by atoms with E-state index in [-0.39, 0.29) is 0 Å². The number of allylic oxidation sites excluding steroid dienone is 2. The molecule has 0 bridgehead atoms. The van der Waals surface area contributed by atoms with Crippen molar-refractivity contribution in [1.82, 2.24) is 0 Å². The molecule has 0 heterocycles. The maximum atomic E-state index is 5.89. The summed E-state index contributed by atoms with van der Waals surface area (Å²) < 4.78 is 0. The molecular weight excluding hydrogens is 156 g/mol. The summed E-state index contributed by atoms with van der Waals surface area (Å²) >= 11 is 5.89. The number of hydrogen-bond donors (Lipinski definition) is 0. The summed E-state index contributed by atoms with van der Waals surface area (Å²) in [4.78, 5) is 0. The van der Waals surface area contributed by atoms with E-state index in [9.17, 15) is 0 Å². The minimum atomic E-state index is 0.720. The molecule has 56 valence electrons. The Morgan fingerprint density at radius 1 is 1.36 bits per heavy atom. The topological polar surface area (TPSA) is 0 Å². The average molecular weight is 165 g/mol. The fourth-order valence-electron chi connectivity index (χ4n) is 0.832. The molecule has 0 unspecified atom stereocenters. The summed E-state index contributed by atoms with van der Waals surface area (Å²) in [5, 5.41) is 0.720. The smallest absolute Gasteiger partial charge is 0.0484 e. The molecule has 0 saturated heterocycles. The number of hydrogen-bond acceptors (Lipinski definition) is 0. The van der Waals surface area contributed by atoms with Gasteiger partial charge in [0, 0.05) is 5.02 Å². The van der Waals surface area contributed by atoms with Gasteiger partial charge >= 0.3 is 0 Å². The van der Waals surface area contributed by atoms with Crippen LogP contribution in [0.2, 0.25) is 5.02 Å².